The first-order valence-electron chi connectivity index (χ1n) is 9.77. The highest BCUT2D eigenvalue weighted by Gasteiger charge is 2.51. The summed E-state index contributed by atoms with van der Waals surface area (Å²) in [6, 6.07) is 0. The van der Waals surface area contributed by atoms with E-state index in [-0.39, 0.29) is 10.7 Å². The molecule has 5 rings (SSSR count). The number of sulfonamides is 1. The number of hydrogen-bond donors (Lipinski definition) is 0. The van der Waals surface area contributed by atoms with Crippen LogP contribution in [0.4, 0.5) is 5.95 Å². The average molecular weight is 394 g/mol. The summed E-state index contributed by atoms with van der Waals surface area (Å²) in [5.74, 6) is 0.735. The van der Waals surface area contributed by atoms with Crippen molar-refractivity contribution in [3.8, 4) is 0 Å². The minimum Gasteiger partial charge on any atom is -0.378 e. The van der Waals surface area contributed by atoms with Crippen molar-refractivity contribution >= 4 is 16.0 Å². The lowest BCUT2D eigenvalue weighted by Crippen LogP contribution is -2.44. The number of ether oxygens (including phenoxy) is 2. The molecule has 148 valence electrons. The Morgan fingerprint density at radius 1 is 1.11 bits per heavy atom. The second-order valence-corrected chi connectivity index (χ2v) is 10.3. The molecule has 0 N–H and O–H groups in total. The second-order valence-electron chi connectivity index (χ2n) is 8.14. The van der Waals surface area contributed by atoms with Crippen molar-refractivity contribution in [2.45, 2.75) is 43.5 Å². The molecule has 1 unspecified atom stereocenters. The van der Waals surface area contributed by atoms with E-state index in [1.165, 1.54) is 0 Å². The van der Waals surface area contributed by atoms with Crippen LogP contribution in [-0.4, -0.2) is 73.9 Å². The minimum atomic E-state index is -3.18. The number of nitrogens with zero attached hydrogens (tertiary/aromatic N) is 4. The van der Waals surface area contributed by atoms with Gasteiger partial charge in [0.1, 0.15) is 0 Å². The molecule has 9 heteroatoms. The van der Waals surface area contributed by atoms with Crippen LogP contribution in [-0.2, 0) is 31.5 Å². The van der Waals surface area contributed by atoms with E-state index in [0.717, 1.165) is 55.3 Å². The van der Waals surface area contributed by atoms with Crippen molar-refractivity contribution in [2.75, 3.05) is 50.9 Å². The lowest BCUT2D eigenvalue weighted by atomic mass is 9.80. The van der Waals surface area contributed by atoms with Gasteiger partial charge in [-0.25, -0.2) is 22.7 Å². The molecule has 0 radical (unpaired) electrons. The molecule has 3 aliphatic heterocycles. The van der Waals surface area contributed by atoms with Gasteiger partial charge < -0.3 is 14.4 Å². The number of fused-ring (bicyclic) bond motifs is 2. The predicted octanol–water partition coefficient (Wildman–Crippen LogP) is 0.588. The Morgan fingerprint density at radius 3 is 2.63 bits per heavy atom. The maximum absolute atomic E-state index is 12.7. The van der Waals surface area contributed by atoms with Crippen LogP contribution in [0.5, 0.6) is 0 Å². The van der Waals surface area contributed by atoms with Gasteiger partial charge in [0.05, 0.1) is 42.8 Å². The summed E-state index contributed by atoms with van der Waals surface area (Å²) in [5, 5.41) is -0.173. The molecule has 1 aromatic heterocycles. The molecular formula is C18H26N4O4S. The van der Waals surface area contributed by atoms with Crippen LogP contribution >= 0.6 is 0 Å². The summed E-state index contributed by atoms with van der Waals surface area (Å²) in [5.41, 5.74) is 2.61. The number of aromatic nitrogens is 2. The number of aryl methyl sites for hydroxylation is 1. The normalized spacial score (nSPS) is 29.3. The van der Waals surface area contributed by atoms with Crippen LogP contribution in [0.2, 0.25) is 0 Å². The van der Waals surface area contributed by atoms with E-state index >= 15 is 0 Å². The van der Waals surface area contributed by atoms with E-state index in [4.69, 9.17) is 19.4 Å². The average Bonchev–Trinajstić information content (AvgIpc) is 3.45. The summed E-state index contributed by atoms with van der Waals surface area (Å²) in [4.78, 5) is 11.8. The van der Waals surface area contributed by atoms with Crippen LogP contribution in [0.1, 0.15) is 36.2 Å². The van der Waals surface area contributed by atoms with Crippen LogP contribution in [0.15, 0.2) is 0 Å². The summed E-state index contributed by atoms with van der Waals surface area (Å²) < 4.78 is 38.5. The Morgan fingerprint density at radius 2 is 1.89 bits per heavy atom. The Hall–Kier alpha value is -1.29. The van der Waals surface area contributed by atoms with E-state index in [2.05, 4.69) is 4.90 Å². The maximum Gasteiger partial charge on any atom is 0.225 e. The Kier molecular flexibility index (Phi) is 4.19. The summed E-state index contributed by atoms with van der Waals surface area (Å²) >= 11 is 0. The highest BCUT2D eigenvalue weighted by molar-refractivity contribution is 7.90. The molecule has 1 atom stereocenters. The zero-order valence-electron chi connectivity index (χ0n) is 15.7. The third-order valence-corrected chi connectivity index (χ3v) is 8.59. The Balaban J connectivity index is 1.51. The van der Waals surface area contributed by atoms with Crippen LogP contribution in [0.25, 0.3) is 0 Å². The molecule has 4 heterocycles. The van der Waals surface area contributed by atoms with Gasteiger partial charge in [0.25, 0.3) is 0 Å². The van der Waals surface area contributed by atoms with Crippen molar-refractivity contribution in [2.24, 2.45) is 0 Å². The van der Waals surface area contributed by atoms with Gasteiger partial charge in [-0.3, -0.25) is 0 Å². The maximum atomic E-state index is 12.7. The molecule has 27 heavy (non-hydrogen) atoms. The number of anilines is 1. The van der Waals surface area contributed by atoms with Crippen molar-refractivity contribution < 1.29 is 17.9 Å². The molecule has 0 aromatic carbocycles. The predicted molar refractivity (Wildman–Crippen MR) is 99.3 cm³/mol. The zero-order chi connectivity index (χ0) is 18.6. The van der Waals surface area contributed by atoms with Crippen molar-refractivity contribution in [1.82, 2.24) is 14.3 Å². The van der Waals surface area contributed by atoms with Gasteiger partial charge in [0.2, 0.25) is 16.0 Å². The van der Waals surface area contributed by atoms with Crippen molar-refractivity contribution in [3.63, 3.8) is 0 Å². The van der Waals surface area contributed by atoms with Gasteiger partial charge in [0, 0.05) is 37.4 Å². The van der Waals surface area contributed by atoms with E-state index in [1.807, 2.05) is 6.92 Å². The molecule has 3 fully saturated rings. The quantitative estimate of drug-likeness (QED) is 0.742. The molecule has 8 nitrogen and oxygen atoms in total. The lowest BCUT2D eigenvalue weighted by Gasteiger charge is -2.36. The highest BCUT2D eigenvalue weighted by atomic mass is 32.2. The topological polar surface area (TPSA) is 84.9 Å². The fourth-order valence-corrected chi connectivity index (χ4v) is 6.38. The van der Waals surface area contributed by atoms with Gasteiger partial charge in [-0.05, 0) is 26.2 Å². The fourth-order valence-electron chi connectivity index (χ4n) is 4.45. The molecule has 0 bridgehead atoms. The van der Waals surface area contributed by atoms with Gasteiger partial charge >= 0.3 is 0 Å². The van der Waals surface area contributed by atoms with Gasteiger partial charge in [-0.15, -0.1) is 0 Å². The van der Waals surface area contributed by atoms with Crippen LogP contribution in [0, 0.1) is 6.92 Å². The number of morpholine rings is 1. The monoisotopic (exact) mass is 394 g/mol. The molecule has 2 saturated heterocycles. The van der Waals surface area contributed by atoms with Gasteiger partial charge in [-0.2, -0.15) is 0 Å². The van der Waals surface area contributed by atoms with Crippen molar-refractivity contribution in [1.29, 1.82) is 0 Å². The Bertz CT molecular complexity index is 851. The lowest BCUT2D eigenvalue weighted by molar-refractivity contribution is 0.0525. The molecule has 1 aromatic rings. The summed E-state index contributed by atoms with van der Waals surface area (Å²) in [7, 11) is -3.18. The summed E-state index contributed by atoms with van der Waals surface area (Å²) in [6.07, 6.45) is 2.34. The van der Waals surface area contributed by atoms with E-state index < -0.39 is 10.0 Å². The molecule has 1 spiro atoms. The first-order valence-corrected chi connectivity index (χ1v) is 11.3. The first kappa shape index (κ1) is 17.8. The number of rotatable bonds is 3. The van der Waals surface area contributed by atoms with Crippen molar-refractivity contribution in [3.05, 3.63) is 17.0 Å². The summed E-state index contributed by atoms with van der Waals surface area (Å²) in [6.45, 7) is 6.98. The molecule has 4 aliphatic rings. The minimum absolute atomic E-state index is 0.173. The van der Waals surface area contributed by atoms with Crippen LogP contribution in [0.3, 0.4) is 0 Å². The molecule has 0 amide bonds. The van der Waals surface area contributed by atoms with Gasteiger partial charge in [-0.1, -0.05) is 0 Å². The zero-order valence-corrected chi connectivity index (χ0v) is 16.5. The smallest absolute Gasteiger partial charge is 0.225 e. The number of hydrogen-bond acceptors (Lipinski definition) is 7. The SMILES string of the molecule is Cc1nc(N2CCOCC2)nc2c1COCC21CCN(S(=O)(=O)C2CC2)C1. The largest absolute Gasteiger partial charge is 0.378 e. The van der Waals surface area contributed by atoms with E-state index in [1.54, 1.807) is 4.31 Å². The highest BCUT2D eigenvalue weighted by Crippen LogP contribution is 2.43. The Labute approximate surface area is 159 Å². The third kappa shape index (κ3) is 2.95. The van der Waals surface area contributed by atoms with E-state index in [0.29, 0.717) is 39.5 Å². The molecule has 1 aliphatic carbocycles. The third-order valence-electron chi connectivity index (χ3n) is 6.25. The first-order chi connectivity index (χ1) is 13.0. The molecular weight excluding hydrogens is 368 g/mol. The molecule has 1 saturated carbocycles. The van der Waals surface area contributed by atoms with Crippen LogP contribution < -0.4 is 4.90 Å². The standard InChI is InChI=1S/C18H26N4O4S/c1-13-15-10-26-12-18(4-5-22(11-18)27(23,24)14-2-3-14)16(15)20-17(19-13)21-6-8-25-9-7-21/h14H,2-12H2,1H3. The second kappa shape index (κ2) is 6.37. The van der Waals surface area contributed by atoms with E-state index in [9.17, 15) is 8.42 Å². The fraction of sp³-hybridized carbons (Fsp3) is 0.778. The van der Waals surface area contributed by atoms with Gasteiger partial charge in [0.15, 0.2) is 0 Å².